The van der Waals surface area contributed by atoms with Crippen LogP contribution in [-0.4, -0.2) is 12.2 Å². The van der Waals surface area contributed by atoms with Crippen molar-refractivity contribution < 1.29 is 9.84 Å². The number of hydrogen-bond donors (Lipinski definition) is 1. The summed E-state index contributed by atoms with van der Waals surface area (Å²) in [6.45, 7) is 1.78. The summed E-state index contributed by atoms with van der Waals surface area (Å²) in [5.41, 5.74) is 3.09. The maximum atomic E-state index is 9.74. The van der Waals surface area contributed by atoms with E-state index in [1.165, 1.54) is 0 Å². The van der Waals surface area contributed by atoms with Gasteiger partial charge in [0.25, 0.3) is 0 Å². The van der Waals surface area contributed by atoms with E-state index in [9.17, 15) is 5.11 Å². The smallest absolute Gasteiger partial charge is 0.118 e. The van der Waals surface area contributed by atoms with Gasteiger partial charge in [0, 0.05) is 0 Å². The van der Waals surface area contributed by atoms with Gasteiger partial charge in [0.1, 0.15) is 5.75 Å². The Balaban J connectivity index is 2.45. The molecule has 0 fully saturated rings. The highest BCUT2D eigenvalue weighted by Crippen LogP contribution is 2.29. The lowest BCUT2D eigenvalue weighted by atomic mass is 9.97. The largest absolute Gasteiger partial charge is 0.497 e. The van der Waals surface area contributed by atoms with E-state index in [1.807, 2.05) is 48.5 Å². The Morgan fingerprint density at radius 1 is 1.00 bits per heavy atom. The average molecular weight is 228 g/mol. The molecule has 0 amide bonds. The fraction of sp³-hybridized carbons (Fsp3) is 0.200. The summed E-state index contributed by atoms with van der Waals surface area (Å²) in [5, 5.41) is 9.74. The molecule has 0 heterocycles. The highest BCUT2D eigenvalue weighted by atomic mass is 16.5. The Morgan fingerprint density at radius 2 is 1.65 bits per heavy atom. The van der Waals surface area contributed by atoms with Crippen LogP contribution in [0.3, 0.4) is 0 Å². The Bertz CT molecular complexity index is 487. The van der Waals surface area contributed by atoms with Gasteiger partial charge in [-0.2, -0.15) is 0 Å². The van der Waals surface area contributed by atoms with Crippen molar-refractivity contribution >= 4 is 0 Å². The van der Waals surface area contributed by atoms with Crippen molar-refractivity contribution in [3.05, 3.63) is 54.1 Å². The first-order valence-corrected chi connectivity index (χ1v) is 5.64. The van der Waals surface area contributed by atoms with E-state index in [-0.39, 0.29) is 0 Å². The molecule has 0 spiro atoms. The zero-order valence-electron chi connectivity index (χ0n) is 10.1. The maximum Gasteiger partial charge on any atom is 0.118 e. The Kier molecular flexibility index (Phi) is 3.45. The van der Waals surface area contributed by atoms with E-state index < -0.39 is 6.10 Å². The van der Waals surface area contributed by atoms with E-state index in [0.29, 0.717) is 0 Å². The van der Waals surface area contributed by atoms with Crippen LogP contribution in [0.1, 0.15) is 18.6 Å². The Morgan fingerprint density at radius 3 is 2.24 bits per heavy atom. The molecule has 1 atom stereocenters. The summed E-state index contributed by atoms with van der Waals surface area (Å²) in [6, 6.07) is 15.7. The third-order valence-electron chi connectivity index (χ3n) is 2.81. The summed E-state index contributed by atoms with van der Waals surface area (Å²) in [6.07, 6.45) is -0.465. The van der Waals surface area contributed by atoms with Gasteiger partial charge < -0.3 is 9.84 Å². The van der Waals surface area contributed by atoms with Crippen LogP contribution in [0.15, 0.2) is 48.5 Å². The van der Waals surface area contributed by atoms with E-state index in [2.05, 4.69) is 0 Å². The first-order valence-electron chi connectivity index (χ1n) is 5.64. The second-order valence-corrected chi connectivity index (χ2v) is 3.99. The van der Waals surface area contributed by atoms with Crippen LogP contribution in [0.2, 0.25) is 0 Å². The van der Waals surface area contributed by atoms with Crippen molar-refractivity contribution in [2.75, 3.05) is 7.11 Å². The van der Waals surface area contributed by atoms with Crippen LogP contribution in [0.5, 0.6) is 5.75 Å². The summed E-state index contributed by atoms with van der Waals surface area (Å²) in [5.74, 6) is 0.836. The third kappa shape index (κ3) is 2.48. The first kappa shape index (κ1) is 11.7. The third-order valence-corrected chi connectivity index (χ3v) is 2.81. The molecular formula is C15H16O2. The van der Waals surface area contributed by atoms with Gasteiger partial charge in [-0.1, -0.05) is 36.4 Å². The number of rotatable bonds is 3. The van der Waals surface area contributed by atoms with Gasteiger partial charge in [0.05, 0.1) is 13.2 Å². The molecule has 2 aromatic rings. The maximum absolute atomic E-state index is 9.74. The van der Waals surface area contributed by atoms with Crippen LogP contribution in [-0.2, 0) is 0 Å². The monoisotopic (exact) mass is 228 g/mol. The van der Waals surface area contributed by atoms with E-state index >= 15 is 0 Å². The van der Waals surface area contributed by atoms with Crippen LogP contribution >= 0.6 is 0 Å². The average Bonchev–Trinajstić information content (AvgIpc) is 2.39. The number of ether oxygens (including phenoxy) is 1. The topological polar surface area (TPSA) is 29.5 Å². The highest BCUT2D eigenvalue weighted by Gasteiger charge is 2.08. The fourth-order valence-corrected chi connectivity index (χ4v) is 1.89. The summed E-state index contributed by atoms with van der Waals surface area (Å²) >= 11 is 0. The number of aliphatic hydroxyl groups is 1. The molecule has 2 heteroatoms. The molecule has 17 heavy (non-hydrogen) atoms. The number of methoxy groups -OCH3 is 1. The van der Waals surface area contributed by atoms with Crippen molar-refractivity contribution in [2.24, 2.45) is 0 Å². The van der Waals surface area contributed by atoms with Gasteiger partial charge in [0.2, 0.25) is 0 Å². The summed E-state index contributed by atoms with van der Waals surface area (Å²) < 4.78 is 5.13. The second-order valence-electron chi connectivity index (χ2n) is 3.99. The zero-order chi connectivity index (χ0) is 12.3. The van der Waals surface area contributed by atoms with E-state index in [0.717, 1.165) is 22.4 Å². The second kappa shape index (κ2) is 5.02. The van der Waals surface area contributed by atoms with Crippen molar-refractivity contribution in [1.29, 1.82) is 0 Å². The molecule has 2 nitrogen and oxygen atoms in total. The molecule has 0 aliphatic heterocycles. The molecule has 0 aliphatic rings. The van der Waals surface area contributed by atoms with Crippen molar-refractivity contribution in [1.82, 2.24) is 0 Å². The lowest BCUT2D eigenvalue weighted by Gasteiger charge is -2.12. The van der Waals surface area contributed by atoms with Crippen molar-refractivity contribution in [2.45, 2.75) is 13.0 Å². The zero-order valence-corrected chi connectivity index (χ0v) is 10.1. The van der Waals surface area contributed by atoms with Gasteiger partial charge in [0.15, 0.2) is 0 Å². The lowest BCUT2D eigenvalue weighted by Crippen LogP contribution is -1.94. The standard InChI is InChI=1S/C15H16O2/c1-11(16)14-5-3-4-6-15(14)12-7-9-13(17-2)10-8-12/h3-11,16H,1-2H3. The lowest BCUT2D eigenvalue weighted by molar-refractivity contribution is 0.200. The predicted molar refractivity (Wildman–Crippen MR) is 69.1 cm³/mol. The SMILES string of the molecule is COc1ccc(-c2ccccc2C(C)O)cc1. The molecule has 0 saturated heterocycles. The highest BCUT2D eigenvalue weighted by molar-refractivity contribution is 5.68. The number of benzene rings is 2. The van der Waals surface area contributed by atoms with Gasteiger partial charge in [-0.3, -0.25) is 0 Å². The van der Waals surface area contributed by atoms with Crippen LogP contribution < -0.4 is 4.74 Å². The molecule has 0 radical (unpaired) electrons. The molecule has 0 bridgehead atoms. The molecule has 0 saturated carbocycles. The molecule has 1 unspecified atom stereocenters. The van der Waals surface area contributed by atoms with E-state index in [4.69, 9.17) is 4.74 Å². The minimum absolute atomic E-state index is 0.465. The van der Waals surface area contributed by atoms with Gasteiger partial charge in [-0.15, -0.1) is 0 Å². The number of hydrogen-bond acceptors (Lipinski definition) is 2. The molecule has 88 valence electrons. The molecular weight excluding hydrogens is 212 g/mol. The van der Waals surface area contributed by atoms with Gasteiger partial charge in [-0.05, 0) is 35.7 Å². The van der Waals surface area contributed by atoms with Crippen molar-refractivity contribution in [3.63, 3.8) is 0 Å². The minimum Gasteiger partial charge on any atom is -0.497 e. The van der Waals surface area contributed by atoms with E-state index in [1.54, 1.807) is 14.0 Å². The predicted octanol–water partition coefficient (Wildman–Crippen LogP) is 3.42. The minimum atomic E-state index is -0.465. The first-order chi connectivity index (χ1) is 8.22. The molecule has 1 N–H and O–H groups in total. The van der Waals surface area contributed by atoms with Crippen LogP contribution in [0.25, 0.3) is 11.1 Å². The molecule has 0 aliphatic carbocycles. The molecule has 0 aromatic heterocycles. The number of aliphatic hydroxyl groups excluding tert-OH is 1. The van der Waals surface area contributed by atoms with Gasteiger partial charge >= 0.3 is 0 Å². The van der Waals surface area contributed by atoms with Crippen LogP contribution in [0, 0.1) is 0 Å². The van der Waals surface area contributed by atoms with Gasteiger partial charge in [-0.25, -0.2) is 0 Å². The quantitative estimate of drug-likeness (QED) is 0.872. The molecule has 2 aromatic carbocycles. The molecule has 2 rings (SSSR count). The Labute approximate surface area is 101 Å². The summed E-state index contributed by atoms with van der Waals surface area (Å²) in [7, 11) is 1.65. The van der Waals surface area contributed by atoms with Crippen LogP contribution in [0.4, 0.5) is 0 Å². The normalized spacial score (nSPS) is 12.2. The van der Waals surface area contributed by atoms with Crippen molar-refractivity contribution in [3.8, 4) is 16.9 Å². The summed E-state index contributed by atoms with van der Waals surface area (Å²) in [4.78, 5) is 0. The Hall–Kier alpha value is -1.80. The fourth-order valence-electron chi connectivity index (χ4n) is 1.89.